The number of nitro benzene ring substituents is 1. The average molecular weight is 368 g/mol. The van der Waals surface area contributed by atoms with E-state index in [1.165, 1.54) is 17.8 Å². The normalized spacial score (nSPS) is 11.4. The molecule has 0 saturated heterocycles. The molecule has 0 aliphatic carbocycles. The Hall–Kier alpha value is -2.06. The Bertz CT molecular complexity index is 722. The van der Waals surface area contributed by atoms with E-state index in [2.05, 4.69) is 21.1 Å². The minimum atomic E-state index is -0.492. The molecule has 0 bridgehead atoms. The Kier molecular flexibility index (Phi) is 4.81. The van der Waals surface area contributed by atoms with E-state index < -0.39 is 4.92 Å². The van der Waals surface area contributed by atoms with Gasteiger partial charge in [0.2, 0.25) is 0 Å². The van der Waals surface area contributed by atoms with Crippen LogP contribution in [0, 0.1) is 10.1 Å². The van der Waals surface area contributed by atoms with Gasteiger partial charge in [0.25, 0.3) is 5.69 Å². The van der Waals surface area contributed by atoms with Gasteiger partial charge in [0, 0.05) is 21.0 Å². The molecule has 2 aromatic carbocycles. The van der Waals surface area contributed by atoms with Crippen LogP contribution >= 0.6 is 27.7 Å². The second kappa shape index (κ2) is 6.59. The maximum Gasteiger partial charge on any atom is 0.283 e. The second-order valence-corrected chi connectivity index (χ2v) is 6.02. The SMILES string of the molecule is NC(=NO)c1ccc(Sc2cccc(Br)c2)c([N+](=O)[O-])c1. The number of halogens is 1. The summed E-state index contributed by atoms with van der Waals surface area (Å²) in [6, 6.07) is 11.9. The fraction of sp³-hybridized carbons (Fsp3) is 0. The van der Waals surface area contributed by atoms with Gasteiger partial charge in [-0.05, 0) is 30.3 Å². The smallest absolute Gasteiger partial charge is 0.283 e. The molecule has 0 radical (unpaired) electrons. The Morgan fingerprint density at radius 2 is 2.10 bits per heavy atom. The number of hydrogen-bond donors (Lipinski definition) is 2. The molecule has 8 heteroatoms. The molecule has 0 heterocycles. The van der Waals surface area contributed by atoms with Gasteiger partial charge in [-0.2, -0.15) is 0 Å². The van der Waals surface area contributed by atoms with Crippen molar-refractivity contribution >= 4 is 39.2 Å². The van der Waals surface area contributed by atoms with Gasteiger partial charge in [-0.25, -0.2) is 0 Å². The number of rotatable bonds is 4. The fourth-order valence-electron chi connectivity index (χ4n) is 1.62. The van der Waals surface area contributed by atoms with E-state index in [0.29, 0.717) is 10.5 Å². The number of oxime groups is 1. The van der Waals surface area contributed by atoms with Crippen LogP contribution in [-0.4, -0.2) is 16.0 Å². The van der Waals surface area contributed by atoms with Crippen LogP contribution < -0.4 is 5.73 Å². The van der Waals surface area contributed by atoms with Gasteiger partial charge in [0.15, 0.2) is 5.84 Å². The van der Waals surface area contributed by atoms with Crippen LogP contribution in [0.3, 0.4) is 0 Å². The van der Waals surface area contributed by atoms with Gasteiger partial charge >= 0.3 is 0 Å². The third kappa shape index (κ3) is 3.73. The first-order valence-corrected chi connectivity index (χ1v) is 7.32. The van der Waals surface area contributed by atoms with E-state index in [9.17, 15) is 10.1 Å². The van der Waals surface area contributed by atoms with Crippen molar-refractivity contribution in [1.82, 2.24) is 0 Å². The molecule has 21 heavy (non-hydrogen) atoms. The van der Waals surface area contributed by atoms with Gasteiger partial charge in [0.1, 0.15) is 0 Å². The van der Waals surface area contributed by atoms with E-state index in [-0.39, 0.29) is 11.5 Å². The zero-order valence-corrected chi connectivity index (χ0v) is 13.0. The van der Waals surface area contributed by atoms with Crippen molar-refractivity contribution < 1.29 is 10.1 Å². The van der Waals surface area contributed by atoms with Gasteiger partial charge in [0.05, 0.1) is 9.82 Å². The largest absolute Gasteiger partial charge is 0.409 e. The number of amidine groups is 1. The topological polar surface area (TPSA) is 102 Å². The van der Waals surface area contributed by atoms with Crippen LogP contribution in [0.15, 0.2) is 61.9 Å². The number of benzene rings is 2. The highest BCUT2D eigenvalue weighted by Crippen LogP contribution is 2.36. The first kappa shape index (κ1) is 15.3. The summed E-state index contributed by atoms with van der Waals surface area (Å²) in [5.74, 6) is -0.169. The molecule has 2 aromatic rings. The summed E-state index contributed by atoms with van der Waals surface area (Å²) in [5.41, 5.74) is 5.65. The summed E-state index contributed by atoms with van der Waals surface area (Å²) in [5, 5.41) is 22.7. The third-order valence-electron chi connectivity index (χ3n) is 2.58. The van der Waals surface area contributed by atoms with E-state index >= 15 is 0 Å². The summed E-state index contributed by atoms with van der Waals surface area (Å²) >= 11 is 4.63. The van der Waals surface area contributed by atoms with Crippen molar-refractivity contribution in [3.63, 3.8) is 0 Å². The van der Waals surface area contributed by atoms with E-state index in [4.69, 9.17) is 10.9 Å². The monoisotopic (exact) mass is 367 g/mol. The summed E-state index contributed by atoms with van der Waals surface area (Å²) < 4.78 is 0.892. The van der Waals surface area contributed by atoms with E-state index in [1.54, 1.807) is 12.1 Å². The number of nitrogens with two attached hydrogens (primary N) is 1. The molecule has 3 N–H and O–H groups in total. The van der Waals surface area contributed by atoms with Crippen LogP contribution in [-0.2, 0) is 0 Å². The Morgan fingerprint density at radius 1 is 1.33 bits per heavy atom. The lowest BCUT2D eigenvalue weighted by Gasteiger charge is -2.05. The Balaban J connectivity index is 2.41. The molecule has 0 spiro atoms. The molecule has 0 fully saturated rings. The molecular weight excluding hydrogens is 358 g/mol. The molecule has 6 nitrogen and oxygen atoms in total. The molecule has 0 amide bonds. The number of nitrogens with zero attached hydrogens (tertiary/aromatic N) is 2. The van der Waals surface area contributed by atoms with E-state index in [0.717, 1.165) is 9.37 Å². The lowest BCUT2D eigenvalue weighted by molar-refractivity contribution is -0.387. The lowest BCUT2D eigenvalue weighted by Crippen LogP contribution is -2.13. The molecule has 0 aromatic heterocycles. The fourth-order valence-corrected chi connectivity index (χ4v) is 3.13. The predicted octanol–water partition coefficient (Wildman–Crippen LogP) is 3.60. The van der Waals surface area contributed by atoms with E-state index in [1.807, 2.05) is 24.3 Å². The summed E-state index contributed by atoms with van der Waals surface area (Å²) in [7, 11) is 0. The maximum absolute atomic E-state index is 11.2. The van der Waals surface area contributed by atoms with Crippen LogP contribution in [0.1, 0.15) is 5.56 Å². The van der Waals surface area contributed by atoms with Crippen molar-refractivity contribution in [2.24, 2.45) is 10.9 Å². The average Bonchev–Trinajstić information content (AvgIpc) is 2.46. The van der Waals surface area contributed by atoms with Crippen LogP contribution in [0.25, 0.3) is 0 Å². The Labute approximate surface area is 132 Å². The highest BCUT2D eigenvalue weighted by molar-refractivity contribution is 9.10. The minimum Gasteiger partial charge on any atom is -0.409 e. The maximum atomic E-state index is 11.2. The molecule has 2 rings (SSSR count). The number of nitro groups is 1. The summed E-state index contributed by atoms with van der Waals surface area (Å²) in [6.45, 7) is 0. The summed E-state index contributed by atoms with van der Waals surface area (Å²) in [4.78, 5) is 12.0. The number of hydrogen-bond acceptors (Lipinski definition) is 5. The van der Waals surface area contributed by atoms with Gasteiger partial charge in [-0.3, -0.25) is 10.1 Å². The lowest BCUT2D eigenvalue weighted by atomic mass is 10.2. The quantitative estimate of drug-likeness (QED) is 0.282. The third-order valence-corrected chi connectivity index (χ3v) is 4.13. The first-order chi connectivity index (χ1) is 10.0. The van der Waals surface area contributed by atoms with Crippen molar-refractivity contribution in [2.45, 2.75) is 9.79 Å². The Morgan fingerprint density at radius 3 is 2.71 bits per heavy atom. The molecular formula is C13H10BrN3O3S. The van der Waals surface area contributed by atoms with Gasteiger partial charge in [-0.15, -0.1) is 0 Å². The standard InChI is InChI=1S/C13H10BrN3O3S/c14-9-2-1-3-10(7-9)21-12-5-4-8(13(15)16-18)6-11(12)17(19)20/h1-7,18H,(H2,15,16). The second-order valence-electron chi connectivity index (χ2n) is 3.98. The van der Waals surface area contributed by atoms with Crippen molar-refractivity contribution in [2.75, 3.05) is 0 Å². The summed E-state index contributed by atoms with van der Waals surface area (Å²) in [6.07, 6.45) is 0. The highest BCUT2D eigenvalue weighted by atomic mass is 79.9. The van der Waals surface area contributed by atoms with Crippen molar-refractivity contribution in [1.29, 1.82) is 0 Å². The predicted molar refractivity (Wildman–Crippen MR) is 83.9 cm³/mol. The minimum absolute atomic E-state index is 0.0934. The van der Waals surface area contributed by atoms with Gasteiger partial charge in [-0.1, -0.05) is 38.9 Å². The first-order valence-electron chi connectivity index (χ1n) is 5.71. The molecule has 0 atom stereocenters. The van der Waals surface area contributed by atoms with Gasteiger partial charge < -0.3 is 10.9 Å². The zero-order chi connectivity index (χ0) is 15.4. The van der Waals surface area contributed by atoms with Crippen LogP contribution in [0.2, 0.25) is 0 Å². The van der Waals surface area contributed by atoms with Crippen LogP contribution in [0.5, 0.6) is 0 Å². The molecule has 0 unspecified atom stereocenters. The zero-order valence-electron chi connectivity index (χ0n) is 10.6. The molecule has 108 valence electrons. The highest BCUT2D eigenvalue weighted by Gasteiger charge is 2.17. The molecule has 0 aliphatic heterocycles. The van der Waals surface area contributed by atoms with Crippen molar-refractivity contribution in [3.8, 4) is 0 Å². The van der Waals surface area contributed by atoms with Crippen molar-refractivity contribution in [3.05, 3.63) is 62.6 Å². The molecule has 0 aliphatic rings. The molecule has 0 saturated carbocycles. The van der Waals surface area contributed by atoms with Crippen LogP contribution in [0.4, 0.5) is 5.69 Å².